The number of anilines is 2. The van der Waals surface area contributed by atoms with Gasteiger partial charge >= 0.3 is 0 Å². The Kier molecular flexibility index (Phi) is 9.22. The van der Waals surface area contributed by atoms with E-state index in [1.807, 2.05) is 42.5 Å². The van der Waals surface area contributed by atoms with Crippen molar-refractivity contribution in [2.45, 2.75) is 25.5 Å². The Hall–Kier alpha value is -3.99. The number of amides is 1. The summed E-state index contributed by atoms with van der Waals surface area (Å²) in [7, 11) is 0. The van der Waals surface area contributed by atoms with E-state index in [0.29, 0.717) is 65.3 Å². The molecule has 5 rings (SSSR count). The third-order valence-corrected chi connectivity index (χ3v) is 6.89. The maximum absolute atomic E-state index is 12.4. The van der Waals surface area contributed by atoms with E-state index in [-0.39, 0.29) is 18.6 Å². The number of aromatic nitrogens is 3. The van der Waals surface area contributed by atoms with Crippen molar-refractivity contribution in [3.05, 3.63) is 77.8 Å². The molecule has 1 aliphatic heterocycles. The van der Waals surface area contributed by atoms with Gasteiger partial charge in [-0.3, -0.25) is 9.78 Å². The molecule has 1 saturated heterocycles. The summed E-state index contributed by atoms with van der Waals surface area (Å²) < 4.78 is 17.4. The number of nitrogens with zero attached hydrogens (tertiary/aromatic N) is 4. The Morgan fingerprint density at radius 1 is 1.05 bits per heavy atom. The van der Waals surface area contributed by atoms with E-state index in [9.17, 15) is 9.90 Å². The van der Waals surface area contributed by atoms with E-state index in [4.69, 9.17) is 25.8 Å². The molecule has 2 N–H and O–H groups in total. The summed E-state index contributed by atoms with van der Waals surface area (Å²) in [5.41, 5.74) is 2.21. The summed E-state index contributed by atoms with van der Waals surface area (Å²) in [5, 5.41) is 13.9. The Morgan fingerprint density at radius 3 is 2.70 bits per heavy atom. The Balaban J connectivity index is 1.29. The van der Waals surface area contributed by atoms with Crippen LogP contribution in [0.5, 0.6) is 11.5 Å². The van der Waals surface area contributed by atoms with Gasteiger partial charge in [0.05, 0.1) is 28.2 Å². The lowest BCUT2D eigenvalue weighted by atomic mass is 10.1. The number of nitrogens with one attached hydrogen (secondary N) is 1. The number of fused-ring (bicyclic) bond motifs is 1. The highest BCUT2D eigenvalue weighted by Gasteiger charge is 2.25. The van der Waals surface area contributed by atoms with Gasteiger partial charge in [0.2, 0.25) is 5.91 Å². The Labute approximate surface area is 236 Å². The molecule has 1 amide bonds. The molecular formula is C29H30ClN5O5. The fourth-order valence-electron chi connectivity index (χ4n) is 4.61. The largest absolute Gasteiger partial charge is 0.491 e. The van der Waals surface area contributed by atoms with Crippen molar-refractivity contribution in [2.75, 3.05) is 38.3 Å². The predicted octanol–water partition coefficient (Wildman–Crippen LogP) is 4.38. The van der Waals surface area contributed by atoms with Crippen LogP contribution in [-0.4, -0.2) is 69.9 Å². The van der Waals surface area contributed by atoms with Crippen molar-refractivity contribution in [2.24, 2.45) is 0 Å². The van der Waals surface area contributed by atoms with Gasteiger partial charge in [0.15, 0.2) is 0 Å². The van der Waals surface area contributed by atoms with Crippen molar-refractivity contribution in [3.63, 3.8) is 0 Å². The van der Waals surface area contributed by atoms with Crippen LogP contribution in [0.1, 0.15) is 18.5 Å². The van der Waals surface area contributed by atoms with Crippen molar-refractivity contribution >= 4 is 39.9 Å². The number of ether oxygens (including phenoxy) is 3. The van der Waals surface area contributed by atoms with Crippen molar-refractivity contribution < 1.29 is 24.1 Å². The Morgan fingerprint density at radius 2 is 1.93 bits per heavy atom. The zero-order valence-corrected chi connectivity index (χ0v) is 22.6. The van der Waals surface area contributed by atoms with Crippen LogP contribution in [0.25, 0.3) is 10.9 Å². The van der Waals surface area contributed by atoms with Gasteiger partial charge in [-0.2, -0.15) is 0 Å². The van der Waals surface area contributed by atoms with E-state index >= 15 is 0 Å². The number of benzene rings is 2. The molecular weight excluding hydrogens is 534 g/mol. The molecule has 0 saturated carbocycles. The monoisotopic (exact) mass is 563 g/mol. The van der Waals surface area contributed by atoms with Gasteiger partial charge in [-0.25, -0.2) is 9.97 Å². The summed E-state index contributed by atoms with van der Waals surface area (Å²) >= 11 is 6.51. The first-order valence-corrected chi connectivity index (χ1v) is 13.4. The van der Waals surface area contributed by atoms with E-state index in [2.05, 4.69) is 20.3 Å². The summed E-state index contributed by atoms with van der Waals surface area (Å²) in [4.78, 5) is 27.2. The van der Waals surface area contributed by atoms with Crippen molar-refractivity contribution in [1.82, 2.24) is 19.9 Å². The normalized spacial score (nSPS) is 13.7. The summed E-state index contributed by atoms with van der Waals surface area (Å²) in [6.07, 6.45) is 4.66. The van der Waals surface area contributed by atoms with E-state index in [0.717, 1.165) is 18.5 Å². The van der Waals surface area contributed by atoms with E-state index in [1.165, 1.54) is 6.33 Å². The molecule has 3 heterocycles. The average molecular weight is 564 g/mol. The molecule has 4 aromatic rings. The van der Waals surface area contributed by atoms with Crippen LogP contribution in [0.3, 0.4) is 0 Å². The molecule has 0 atom stereocenters. The number of carbonyl (C=O) groups is 1. The van der Waals surface area contributed by atoms with Crippen molar-refractivity contribution in [3.8, 4) is 11.5 Å². The van der Waals surface area contributed by atoms with Crippen LogP contribution in [0.15, 0.2) is 67.1 Å². The summed E-state index contributed by atoms with van der Waals surface area (Å²) in [6, 6.07) is 16.6. The van der Waals surface area contributed by atoms with Gasteiger partial charge in [0.1, 0.15) is 43.5 Å². The van der Waals surface area contributed by atoms with Gasteiger partial charge in [-0.05, 0) is 55.3 Å². The molecule has 40 heavy (non-hydrogen) atoms. The maximum Gasteiger partial charge on any atom is 0.248 e. The third-order valence-electron chi connectivity index (χ3n) is 6.60. The number of hydrogen-bond donors (Lipinski definition) is 2. The molecule has 0 bridgehead atoms. The SMILES string of the molecule is O=C(CO)N(CCOc1cccc2ncnc(Nc3ccc(OCc4ccccn4)c(Cl)c3)c12)C1CCOCC1. The van der Waals surface area contributed by atoms with Gasteiger partial charge in [-0.1, -0.05) is 23.7 Å². The summed E-state index contributed by atoms with van der Waals surface area (Å²) in [6.45, 7) is 1.54. The van der Waals surface area contributed by atoms with Crippen LogP contribution in [-0.2, 0) is 16.1 Å². The zero-order chi connectivity index (χ0) is 27.7. The minimum absolute atomic E-state index is 0.0192. The number of hydrogen-bond acceptors (Lipinski definition) is 9. The molecule has 10 nitrogen and oxygen atoms in total. The zero-order valence-electron chi connectivity index (χ0n) is 21.8. The second kappa shape index (κ2) is 13.4. The first-order chi connectivity index (χ1) is 19.6. The number of aliphatic hydroxyl groups is 1. The number of aliphatic hydroxyl groups excluding tert-OH is 1. The molecule has 1 fully saturated rings. The van der Waals surface area contributed by atoms with Crippen molar-refractivity contribution in [1.29, 1.82) is 0 Å². The van der Waals surface area contributed by atoms with Crippen LogP contribution in [0.4, 0.5) is 11.5 Å². The number of halogens is 1. The van der Waals surface area contributed by atoms with E-state index < -0.39 is 6.61 Å². The molecule has 2 aromatic carbocycles. The molecule has 0 aliphatic carbocycles. The lowest BCUT2D eigenvalue weighted by molar-refractivity contribution is -0.138. The minimum atomic E-state index is -0.539. The first-order valence-electron chi connectivity index (χ1n) is 13.1. The highest BCUT2D eigenvalue weighted by Crippen LogP contribution is 2.34. The molecule has 0 radical (unpaired) electrons. The predicted molar refractivity (Wildman–Crippen MR) is 151 cm³/mol. The van der Waals surface area contributed by atoms with Crippen LogP contribution in [0, 0.1) is 0 Å². The molecule has 1 aliphatic rings. The minimum Gasteiger partial charge on any atom is -0.491 e. The average Bonchev–Trinajstić information content (AvgIpc) is 2.99. The second-order valence-electron chi connectivity index (χ2n) is 9.19. The van der Waals surface area contributed by atoms with Crippen LogP contribution in [0.2, 0.25) is 5.02 Å². The molecule has 11 heteroatoms. The fraction of sp³-hybridized carbons (Fsp3) is 0.310. The number of carbonyl (C=O) groups excluding carboxylic acids is 1. The summed E-state index contributed by atoms with van der Waals surface area (Å²) in [5.74, 6) is 1.35. The smallest absolute Gasteiger partial charge is 0.248 e. The first kappa shape index (κ1) is 27.6. The topological polar surface area (TPSA) is 119 Å². The third kappa shape index (κ3) is 6.77. The molecule has 0 unspecified atom stereocenters. The second-order valence-corrected chi connectivity index (χ2v) is 9.60. The van der Waals surface area contributed by atoms with Gasteiger partial charge in [0, 0.05) is 31.1 Å². The quantitative estimate of drug-likeness (QED) is 0.274. The van der Waals surface area contributed by atoms with E-state index in [1.54, 1.807) is 23.2 Å². The molecule has 0 spiro atoms. The fourth-order valence-corrected chi connectivity index (χ4v) is 4.85. The number of rotatable bonds is 11. The van der Waals surface area contributed by atoms with Crippen LogP contribution >= 0.6 is 11.6 Å². The van der Waals surface area contributed by atoms with Gasteiger partial charge < -0.3 is 29.5 Å². The highest BCUT2D eigenvalue weighted by molar-refractivity contribution is 6.32. The lowest BCUT2D eigenvalue weighted by Crippen LogP contribution is -2.46. The van der Waals surface area contributed by atoms with Gasteiger partial charge in [0.25, 0.3) is 0 Å². The lowest BCUT2D eigenvalue weighted by Gasteiger charge is -2.34. The maximum atomic E-state index is 12.4. The molecule has 208 valence electrons. The van der Waals surface area contributed by atoms with Gasteiger partial charge in [-0.15, -0.1) is 0 Å². The highest BCUT2D eigenvalue weighted by atomic mass is 35.5. The van der Waals surface area contributed by atoms with Crippen LogP contribution < -0.4 is 14.8 Å². The number of pyridine rings is 1. The standard InChI is InChI=1S/C29H30ClN5O5/c30-23-16-20(7-8-25(23)40-18-21-4-1-2-11-31-21)34-29-28-24(32-19-33-29)5-3-6-26(28)39-15-12-35(27(37)17-36)22-9-13-38-14-10-22/h1-8,11,16,19,22,36H,9-10,12-15,17-18H2,(H,32,33,34). The molecule has 2 aromatic heterocycles. The Bertz CT molecular complexity index is 1430.